The van der Waals surface area contributed by atoms with Gasteiger partial charge < -0.3 is 14.6 Å². The summed E-state index contributed by atoms with van der Waals surface area (Å²) in [6.45, 7) is 3.31. The minimum absolute atomic E-state index is 0.144. The lowest BCUT2D eigenvalue weighted by Gasteiger charge is -2.36. The van der Waals surface area contributed by atoms with Gasteiger partial charge in [0.05, 0.1) is 19.1 Å². The third kappa shape index (κ3) is 3.39. The standard InChI is InChI=1S/C25H24N2O2S/c1-2-29-18-8-5-7-17(15-18)25-24-21(20-10-3-4-11-22(20)26-24)12-13-27(25)23(28)16-19-9-6-14-30-19/h3-11,14-15,25-26H,2,12-13,16H2,1H3/t25-/m0/s1. The number of aromatic nitrogens is 1. The summed E-state index contributed by atoms with van der Waals surface area (Å²) in [5.74, 6) is 0.998. The van der Waals surface area contributed by atoms with Gasteiger partial charge in [-0.05, 0) is 54.1 Å². The first-order valence-electron chi connectivity index (χ1n) is 10.4. The molecular weight excluding hydrogens is 392 g/mol. The molecule has 0 saturated heterocycles. The van der Waals surface area contributed by atoms with Crippen molar-refractivity contribution in [2.75, 3.05) is 13.2 Å². The molecule has 30 heavy (non-hydrogen) atoms. The van der Waals surface area contributed by atoms with E-state index in [0.717, 1.165) is 33.8 Å². The van der Waals surface area contributed by atoms with Crippen molar-refractivity contribution in [3.63, 3.8) is 0 Å². The molecule has 2 aromatic heterocycles. The number of amides is 1. The van der Waals surface area contributed by atoms with E-state index in [4.69, 9.17) is 4.74 Å². The largest absolute Gasteiger partial charge is 0.494 e. The molecule has 0 spiro atoms. The third-order valence-corrected chi connectivity index (χ3v) is 6.62. The van der Waals surface area contributed by atoms with Gasteiger partial charge in [-0.25, -0.2) is 0 Å². The Morgan fingerprint density at radius 3 is 2.90 bits per heavy atom. The van der Waals surface area contributed by atoms with Crippen LogP contribution in [-0.4, -0.2) is 28.9 Å². The quantitative estimate of drug-likeness (QED) is 0.477. The number of fused-ring (bicyclic) bond motifs is 3. The van der Waals surface area contributed by atoms with Crippen LogP contribution in [0.4, 0.5) is 0 Å². The van der Waals surface area contributed by atoms with E-state index in [1.807, 2.05) is 41.5 Å². The van der Waals surface area contributed by atoms with Crippen LogP contribution in [0.5, 0.6) is 5.75 Å². The average Bonchev–Trinajstić information content (AvgIpc) is 3.41. The van der Waals surface area contributed by atoms with E-state index in [-0.39, 0.29) is 11.9 Å². The summed E-state index contributed by atoms with van der Waals surface area (Å²) in [6, 6.07) is 20.4. The fraction of sp³-hybridized carbons (Fsp3) is 0.240. The highest BCUT2D eigenvalue weighted by Crippen LogP contribution is 2.39. The van der Waals surface area contributed by atoms with Crippen LogP contribution >= 0.6 is 11.3 Å². The molecule has 0 unspecified atom stereocenters. The third-order valence-electron chi connectivity index (χ3n) is 5.75. The second kappa shape index (κ2) is 8.00. The zero-order valence-corrected chi connectivity index (χ0v) is 17.7. The first kappa shape index (κ1) is 18.9. The molecule has 2 aromatic carbocycles. The van der Waals surface area contributed by atoms with Gasteiger partial charge in [0, 0.05) is 28.0 Å². The zero-order valence-electron chi connectivity index (χ0n) is 16.9. The van der Waals surface area contributed by atoms with Crippen LogP contribution in [0.15, 0.2) is 66.0 Å². The Kier molecular flexibility index (Phi) is 5.05. The lowest BCUT2D eigenvalue weighted by atomic mass is 9.92. The molecule has 0 aliphatic carbocycles. The maximum Gasteiger partial charge on any atom is 0.228 e. The second-order valence-corrected chi connectivity index (χ2v) is 8.60. The number of para-hydroxylation sites is 1. The van der Waals surface area contributed by atoms with E-state index in [1.54, 1.807) is 11.3 Å². The van der Waals surface area contributed by atoms with E-state index in [2.05, 4.69) is 41.4 Å². The van der Waals surface area contributed by atoms with Crippen molar-refractivity contribution < 1.29 is 9.53 Å². The molecule has 0 fully saturated rings. The molecular formula is C25H24N2O2S. The van der Waals surface area contributed by atoms with Gasteiger partial charge >= 0.3 is 0 Å². The first-order chi connectivity index (χ1) is 14.7. The molecule has 4 nitrogen and oxygen atoms in total. The van der Waals surface area contributed by atoms with Gasteiger partial charge in [-0.1, -0.05) is 36.4 Å². The molecule has 0 bridgehead atoms. The predicted molar refractivity (Wildman–Crippen MR) is 121 cm³/mol. The maximum atomic E-state index is 13.4. The zero-order chi connectivity index (χ0) is 20.5. The molecule has 1 aliphatic heterocycles. The molecule has 152 valence electrons. The van der Waals surface area contributed by atoms with Crippen LogP contribution in [0.3, 0.4) is 0 Å². The van der Waals surface area contributed by atoms with Crippen molar-refractivity contribution in [2.24, 2.45) is 0 Å². The van der Waals surface area contributed by atoms with Gasteiger partial charge in [-0.3, -0.25) is 4.79 Å². The summed E-state index contributed by atoms with van der Waals surface area (Å²) in [4.78, 5) is 20.1. The molecule has 0 radical (unpaired) electrons. The van der Waals surface area contributed by atoms with Gasteiger partial charge in [0.1, 0.15) is 5.75 Å². The summed E-state index contributed by atoms with van der Waals surface area (Å²) < 4.78 is 5.75. The number of rotatable bonds is 5. The number of hydrogen-bond acceptors (Lipinski definition) is 3. The number of carbonyl (C=O) groups is 1. The highest BCUT2D eigenvalue weighted by molar-refractivity contribution is 7.10. The maximum absolute atomic E-state index is 13.4. The molecule has 1 aliphatic rings. The molecule has 5 rings (SSSR count). The Balaban J connectivity index is 1.60. The number of nitrogens with one attached hydrogen (secondary N) is 1. The monoisotopic (exact) mass is 416 g/mol. The first-order valence-corrected chi connectivity index (χ1v) is 11.3. The Morgan fingerprint density at radius 2 is 2.07 bits per heavy atom. The number of benzene rings is 2. The van der Waals surface area contributed by atoms with Crippen LogP contribution in [0.2, 0.25) is 0 Å². The van der Waals surface area contributed by atoms with E-state index in [1.165, 1.54) is 10.9 Å². The van der Waals surface area contributed by atoms with Crippen LogP contribution in [0.25, 0.3) is 10.9 Å². The topological polar surface area (TPSA) is 45.3 Å². The Bertz CT molecular complexity index is 1180. The molecule has 1 atom stereocenters. The van der Waals surface area contributed by atoms with Crippen LogP contribution in [0.1, 0.15) is 34.7 Å². The number of aromatic amines is 1. The van der Waals surface area contributed by atoms with Crippen molar-refractivity contribution in [3.05, 3.63) is 87.7 Å². The fourth-order valence-corrected chi connectivity index (χ4v) is 5.16. The molecule has 1 N–H and O–H groups in total. The van der Waals surface area contributed by atoms with E-state index < -0.39 is 0 Å². The van der Waals surface area contributed by atoms with Gasteiger partial charge in [0.15, 0.2) is 0 Å². The van der Waals surface area contributed by atoms with Crippen LogP contribution < -0.4 is 4.74 Å². The number of nitrogens with zero attached hydrogens (tertiary/aromatic N) is 1. The minimum Gasteiger partial charge on any atom is -0.494 e. The number of H-pyrrole nitrogens is 1. The molecule has 5 heteroatoms. The summed E-state index contributed by atoms with van der Waals surface area (Å²) in [5.41, 5.74) is 4.64. The summed E-state index contributed by atoms with van der Waals surface area (Å²) in [5, 5.41) is 3.28. The van der Waals surface area contributed by atoms with Crippen molar-refractivity contribution in [1.29, 1.82) is 0 Å². The average molecular weight is 417 g/mol. The fourth-order valence-electron chi connectivity index (χ4n) is 4.46. The number of ether oxygens (including phenoxy) is 1. The van der Waals surface area contributed by atoms with Crippen LogP contribution in [0, 0.1) is 0 Å². The highest BCUT2D eigenvalue weighted by Gasteiger charge is 2.34. The minimum atomic E-state index is -0.144. The van der Waals surface area contributed by atoms with Gasteiger partial charge in [-0.15, -0.1) is 11.3 Å². The SMILES string of the molecule is CCOc1cccc([C@H]2c3[nH]c4ccccc4c3CCN2C(=O)Cc2cccs2)c1. The Hall–Kier alpha value is -3.05. The van der Waals surface area contributed by atoms with Crippen molar-refractivity contribution in [2.45, 2.75) is 25.8 Å². The summed E-state index contributed by atoms with van der Waals surface area (Å²) >= 11 is 1.64. The van der Waals surface area contributed by atoms with Gasteiger partial charge in [0.25, 0.3) is 0 Å². The molecule has 0 saturated carbocycles. The van der Waals surface area contributed by atoms with E-state index in [9.17, 15) is 4.79 Å². The second-order valence-electron chi connectivity index (χ2n) is 7.56. The molecule has 3 heterocycles. The smallest absolute Gasteiger partial charge is 0.228 e. The molecule has 1 amide bonds. The molecule has 4 aromatic rings. The number of thiophene rings is 1. The van der Waals surface area contributed by atoms with Gasteiger partial charge in [0.2, 0.25) is 5.91 Å². The summed E-state index contributed by atoms with van der Waals surface area (Å²) in [7, 11) is 0. The highest BCUT2D eigenvalue weighted by atomic mass is 32.1. The number of carbonyl (C=O) groups excluding carboxylic acids is 1. The lowest BCUT2D eigenvalue weighted by Crippen LogP contribution is -2.41. The van der Waals surface area contributed by atoms with Crippen molar-refractivity contribution in [3.8, 4) is 5.75 Å². The predicted octanol–water partition coefficient (Wildman–Crippen LogP) is 5.34. The Labute approximate surface area is 180 Å². The lowest BCUT2D eigenvalue weighted by molar-refractivity contribution is -0.132. The normalized spacial score (nSPS) is 15.9. The number of hydrogen-bond donors (Lipinski definition) is 1. The van der Waals surface area contributed by atoms with Gasteiger partial charge in [-0.2, -0.15) is 0 Å². The van der Waals surface area contributed by atoms with Crippen LogP contribution in [-0.2, 0) is 17.6 Å². The van der Waals surface area contributed by atoms with E-state index in [0.29, 0.717) is 19.6 Å². The van der Waals surface area contributed by atoms with Crippen molar-refractivity contribution in [1.82, 2.24) is 9.88 Å². The van der Waals surface area contributed by atoms with E-state index >= 15 is 0 Å². The summed E-state index contributed by atoms with van der Waals surface area (Å²) in [6.07, 6.45) is 1.30. The Morgan fingerprint density at radius 1 is 1.17 bits per heavy atom. The van der Waals surface area contributed by atoms with Crippen molar-refractivity contribution >= 4 is 28.1 Å².